The lowest BCUT2D eigenvalue weighted by molar-refractivity contribution is -0.144. The molecule has 0 saturated carbocycles. The Balaban J connectivity index is 3.14. The van der Waals surface area contributed by atoms with Gasteiger partial charge in [-0.05, 0) is 58.7 Å². The normalized spacial score (nSPS) is 12.8. The molecule has 1 rings (SSSR count). The van der Waals surface area contributed by atoms with Crippen LogP contribution in [-0.2, 0) is 23.9 Å². The van der Waals surface area contributed by atoms with Crippen molar-refractivity contribution in [2.45, 2.75) is 72.1 Å². The molecular weight excluding hydrogens is 442 g/mol. The predicted octanol–water partition coefficient (Wildman–Crippen LogP) is 2.65. The highest BCUT2D eigenvalue weighted by molar-refractivity contribution is 5.90. The van der Waals surface area contributed by atoms with Crippen molar-refractivity contribution < 1.29 is 33.8 Å². The monoisotopic (exact) mass is 479 g/mol. The molecule has 0 aromatic heterocycles. The number of hydrogen-bond donors (Lipinski definition) is 3. The average molecular weight is 480 g/mol. The largest absolute Gasteiger partial charge is 0.508 e. The second kappa shape index (κ2) is 13.4. The lowest BCUT2D eigenvalue weighted by Crippen LogP contribution is -2.51. The van der Waals surface area contributed by atoms with Crippen LogP contribution in [-0.4, -0.2) is 65.2 Å². The van der Waals surface area contributed by atoms with Gasteiger partial charge < -0.3 is 30.1 Å². The number of nitrogens with zero attached hydrogens (tertiary/aromatic N) is 1. The minimum Gasteiger partial charge on any atom is -0.508 e. The summed E-state index contributed by atoms with van der Waals surface area (Å²) < 4.78 is 10.1. The van der Waals surface area contributed by atoms with Gasteiger partial charge in [-0.25, -0.2) is 4.79 Å². The van der Waals surface area contributed by atoms with Crippen LogP contribution in [0.4, 0.5) is 4.79 Å². The Morgan fingerprint density at radius 2 is 1.68 bits per heavy atom. The van der Waals surface area contributed by atoms with E-state index in [4.69, 9.17) is 9.47 Å². The zero-order valence-electron chi connectivity index (χ0n) is 20.8. The number of alkyl carbamates (subject to hydrolysis) is 1. The van der Waals surface area contributed by atoms with Crippen molar-refractivity contribution in [1.29, 1.82) is 0 Å². The van der Waals surface area contributed by atoms with E-state index >= 15 is 0 Å². The first-order chi connectivity index (χ1) is 15.9. The van der Waals surface area contributed by atoms with E-state index in [2.05, 4.69) is 10.6 Å². The van der Waals surface area contributed by atoms with Crippen LogP contribution in [0.5, 0.6) is 5.75 Å². The van der Waals surface area contributed by atoms with Crippen LogP contribution in [0, 0.1) is 0 Å². The van der Waals surface area contributed by atoms with Crippen molar-refractivity contribution in [2.75, 3.05) is 19.7 Å². The quantitative estimate of drug-likeness (QED) is 0.415. The first-order valence-corrected chi connectivity index (χ1v) is 11.4. The van der Waals surface area contributed by atoms with E-state index in [1.54, 1.807) is 46.8 Å². The number of rotatable bonds is 11. The third-order valence-corrected chi connectivity index (χ3v) is 4.81. The Morgan fingerprint density at radius 3 is 2.21 bits per heavy atom. The molecule has 0 bridgehead atoms. The van der Waals surface area contributed by atoms with E-state index in [9.17, 15) is 24.3 Å². The average Bonchev–Trinajstić information content (AvgIpc) is 2.75. The van der Waals surface area contributed by atoms with Gasteiger partial charge in [0.25, 0.3) is 0 Å². The van der Waals surface area contributed by atoms with Crippen molar-refractivity contribution in [1.82, 2.24) is 15.5 Å². The number of aromatic hydroxyl groups is 1. The highest BCUT2D eigenvalue weighted by atomic mass is 16.6. The summed E-state index contributed by atoms with van der Waals surface area (Å²) in [5.41, 5.74) is -0.256. The second-order valence-corrected chi connectivity index (χ2v) is 8.75. The summed E-state index contributed by atoms with van der Waals surface area (Å²) in [6, 6.07) is 4.54. The molecule has 3 amide bonds. The van der Waals surface area contributed by atoms with Gasteiger partial charge in [-0.15, -0.1) is 0 Å². The molecule has 0 fully saturated rings. The molecule has 0 aliphatic rings. The number of ether oxygens (including phenoxy) is 2. The number of esters is 1. The molecule has 0 saturated heterocycles. The summed E-state index contributed by atoms with van der Waals surface area (Å²) in [5.74, 6) is -1.42. The standard InChI is InChI=1S/C24H37N3O7/c1-7-16(3)27(19(29)15-26-23(32)34-24(4,5)6)21(17-9-11-18(28)12-10-17)22(31)25-14-13-20(30)33-8-2/h9-12,16,21,28H,7-8,13-15H2,1-6H3,(H,25,31)(H,26,32). The number of benzene rings is 1. The van der Waals surface area contributed by atoms with Gasteiger partial charge in [0.05, 0.1) is 13.0 Å². The van der Waals surface area contributed by atoms with Crippen LogP contribution in [0.3, 0.4) is 0 Å². The first kappa shape index (κ1) is 28.7. The highest BCUT2D eigenvalue weighted by Gasteiger charge is 2.34. The predicted molar refractivity (Wildman–Crippen MR) is 126 cm³/mol. The fourth-order valence-corrected chi connectivity index (χ4v) is 3.11. The zero-order valence-corrected chi connectivity index (χ0v) is 20.8. The van der Waals surface area contributed by atoms with Gasteiger partial charge in [0.2, 0.25) is 11.8 Å². The molecule has 3 N–H and O–H groups in total. The van der Waals surface area contributed by atoms with Crippen molar-refractivity contribution in [3.63, 3.8) is 0 Å². The third kappa shape index (κ3) is 9.68. The molecule has 190 valence electrons. The number of carbonyl (C=O) groups is 4. The second-order valence-electron chi connectivity index (χ2n) is 8.75. The van der Waals surface area contributed by atoms with E-state index in [-0.39, 0.29) is 37.9 Å². The van der Waals surface area contributed by atoms with Gasteiger partial charge in [-0.1, -0.05) is 19.1 Å². The smallest absolute Gasteiger partial charge is 0.408 e. The fourth-order valence-electron chi connectivity index (χ4n) is 3.11. The first-order valence-electron chi connectivity index (χ1n) is 11.4. The summed E-state index contributed by atoms with van der Waals surface area (Å²) in [5, 5.41) is 14.8. The lowest BCUT2D eigenvalue weighted by Gasteiger charge is -2.36. The number of phenolic OH excluding ortho intramolecular Hbond substituents is 1. The molecule has 10 nitrogen and oxygen atoms in total. The third-order valence-electron chi connectivity index (χ3n) is 4.81. The Morgan fingerprint density at radius 1 is 1.06 bits per heavy atom. The van der Waals surface area contributed by atoms with Crippen LogP contribution >= 0.6 is 0 Å². The summed E-state index contributed by atoms with van der Waals surface area (Å²) >= 11 is 0. The molecule has 10 heteroatoms. The van der Waals surface area contributed by atoms with Crippen molar-refractivity contribution in [3.05, 3.63) is 29.8 Å². The molecule has 1 aromatic carbocycles. The minimum atomic E-state index is -1.05. The summed E-state index contributed by atoms with van der Waals surface area (Å²) in [7, 11) is 0. The Kier molecular flexibility index (Phi) is 11.3. The number of phenols is 1. The lowest BCUT2D eigenvalue weighted by atomic mass is 10.0. The number of amides is 3. The molecule has 0 radical (unpaired) electrons. The van der Waals surface area contributed by atoms with Gasteiger partial charge in [0.15, 0.2) is 0 Å². The van der Waals surface area contributed by atoms with Gasteiger partial charge in [-0.3, -0.25) is 14.4 Å². The van der Waals surface area contributed by atoms with E-state index in [1.807, 2.05) is 6.92 Å². The molecule has 2 unspecified atom stereocenters. The van der Waals surface area contributed by atoms with E-state index in [0.29, 0.717) is 12.0 Å². The molecule has 0 heterocycles. The van der Waals surface area contributed by atoms with Gasteiger partial charge in [0.1, 0.15) is 23.9 Å². The summed E-state index contributed by atoms with van der Waals surface area (Å²) in [6.45, 7) is 10.4. The van der Waals surface area contributed by atoms with E-state index in [0.717, 1.165) is 0 Å². The van der Waals surface area contributed by atoms with Gasteiger partial charge >= 0.3 is 12.1 Å². The Bertz CT molecular complexity index is 834. The van der Waals surface area contributed by atoms with E-state index < -0.39 is 35.5 Å². The minimum absolute atomic E-state index is 0.0122. The fraction of sp³-hybridized carbons (Fsp3) is 0.583. The number of carbonyl (C=O) groups excluding carboxylic acids is 4. The van der Waals surface area contributed by atoms with Crippen molar-refractivity contribution in [2.24, 2.45) is 0 Å². The molecular formula is C24H37N3O7. The van der Waals surface area contributed by atoms with Crippen LogP contribution in [0.25, 0.3) is 0 Å². The topological polar surface area (TPSA) is 134 Å². The van der Waals surface area contributed by atoms with Crippen LogP contribution in [0.15, 0.2) is 24.3 Å². The molecule has 2 atom stereocenters. The molecule has 34 heavy (non-hydrogen) atoms. The van der Waals surface area contributed by atoms with Gasteiger partial charge in [0, 0.05) is 12.6 Å². The Hall–Kier alpha value is -3.30. The number of nitrogens with one attached hydrogen (secondary N) is 2. The summed E-state index contributed by atoms with van der Waals surface area (Å²) in [6.07, 6.45) is -0.215. The van der Waals surface area contributed by atoms with E-state index in [1.165, 1.54) is 17.0 Å². The maximum atomic E-state index is 13.2. The van der Waals surface area contributed by atoms with Crippen molar-refractivity contribution >= 4 is 23.9 Å². The van der Waals surface area contributed by atoms with Crippen LogP contribution in [0.2, 0.25) is 0 Å². The van der Waals surface area contributed by atoms with Crippen molar-refractivity contribution in [3.8, 4) is 5.75 Å². The van der Waals surface area contributed by atoms with Gasteiger partial charge in [-0.2, -0.15) is 0 Å². The van der Waals surface area contributed by atoms with Crippen LogP contribution in [0.1, 0.15) is 66.0 Å². The SMILES string of the molecule is CCOC(=O)CCNC(=O)C(c1ccc(O)cc1)N(C(=O)CNC(=O)OC(C)(C)C)C(C)CC. The maximum Gasteiger partial charge on any atom is 0.408 e. The van der Waals surface area contributed by atoms with Crippen LogP contribution < -0.4 is 10.6 Å². The molecule has 0 aliphatic heterocycles. The molecule has 0 aliphatic carbocycles. The molecule has 1 aromatic rings. The maximum absolute atomic E-state index is 13.2. The highest BCUT2D eigenvalue weighted by Crippen LogP contribution is 2.26. The Labute approximate surface area is 201 Å². The zero-order chi connectivity index (χ0) is 25.9. The number of hydrogen-bond acceptors (Lipinski definition) is 7. The molecule has 0 spiro atoms. The summed E-state index contributed by atoms with van der Waals surface area (Å²) in [4.78, 5) is 51.5.